The van der Waals surface area contributed by atoms with Gasteiger partial charge in [-0.25, -0.2) is 4.39 Å². The first kappa shape index (κ1) is 11.1. The summed E-state index contributed by atoms with van der Waals surface area (Å²) in [6, 6.07) is 5.86. The van der Waals surface area contributed by atoms with E-state index in [2.05, 4.69) is 0 Å². The molecule has 0 saturated carbocycles. The highest BCUT2D eigenvalue weighted by atomic mass is 19.1. The fourth-order valence-electron chi connectivity index (χ4n) is 1.22. The van der Waals surface area contributed by atoms with Gasteiger partial charge >= 0.3 is 0 Å². The molecule has 0 fully saturated rings. The van der Waals surface area contributed by atoms with Crippen molar-refractivity contribution in [3.63, 3.8) is 0 Å². The summed E-state index contributed by atoms with van der Waals surface area (Å²) in [6.07, 6.45) is 0.364. The zero-order valence-corrected chi connectivity index (χ0v) is 8.50. The molecule has 2 nitrogen and oxygen atoms in total. The molecule has 0 bridgehead atoms. The Morgan fingerprint density at radius 1 is 1.57 bits per heavy atom. The molecule has 14 heavy (non-hydrogen) atoms. The molecule has 0 radical (unpaired) electrons. The largest absolute Gasteiger partial charge is 0.388 e. The minimum Gasteiger partial charge on any atom is -0.388 e. The van der Waals surface area contributed by atoms with E-state index in [1.165, 1.54) is 12.1 Å². The number of hydrogen-bond donors (Lipinski definition) is 2. The minimum atomic E-state index is -0.992. The van der Waals surface area contributed by atoms with Crippen LogP contribution in [0.2, 0.25) is 0 Å². The van der Waals surface area contributed by atoms with Crippen LogP contribution in [-0.2, 0) is 6.42 Å². The summed E-state index contributed by atoms with van der Waals surface area (Å²) < 4.78 is 12.8. The molecule has 1 aromatic carbocycles. The van der Waals surface area contributed by atoms with E-state index in [1.807, 2.05) is 0 Å². The first-order valence-corrected chi connectivity index (χ1v) is 4.64. The van der Waals surface area contributed by atoms with Crippen molar-refractivity contribution in [1.82, 2.24) is 0 Å². The third-order valence-corrected chi connectivity index (χ3v) is 2.43. The van der Waals surface area contributed by atoms with Crippen LogP contribution in [0.15, 0.2) is 24.3 Å². The Bertz CT molecular complexity index is 310. The molecule has 0 aliphatic heterocycles. The van der Waals surface area contributed by atoms with Gasteiger partial charge in [-0.05, 0) is 31.5 Å². The van der Waals surface area contributed by atoms with Gasteiger partial charge < -0.3 is 10.8 Å². The quantitative estimate of drug-likeness (QED) is 0.770. The van der Waals surface area contributed by atoms with Crippen LogP contribution >= 0.6 is 0 Å². The molecule has 0 aliphatic carbocycles. The second kappa shape index (κ2) is 4.07. The normalized spacial score (nSPS) is 17.5. The van der Waals surface area contributed by atoms with Crippen LogP contribution in [0.1, 0.15) is 19.4 Å². The van der Waals surface area contributed by atoms with Gasteiger partial charge in [-0.3, -0.25) is 0 Å². The topological polar surface area (TPSA) is 46.2 Å². The molecule has 0 saturated heterocycles. The third-order valence-electron chi connectivity index (χ3n) is 2.43. The number of aliphatic hydroxyl groups is 1. The van der Waals surface area contributed by atoms with E-state index < -0.39 is 5.60 Å². The molecule has 0 aromatic heterocycles. The van der Waals surface area contributed by atoms with Crippen molar-refractivity contribution in [3.05, 3.63) is 35.6 Å². The van der Waals surface area contributed by atoms with Crippen molar-refractivity contribution in [3.8, 4) is 0 Å². The summed E-state index contributed by atoms with van der Waals surface area (Å²) in [7, 11) is 0. The van der Waals surface area contributed by atoms with Crippen LogP contribution in [0.3, 0.4) is 0 Å². The molecule has 1 aromatic rings. The Kier molecular flexibility index (Phi) is 3.24. The molecule has 3 N–H and O–H groups in total. The van der Waals surface area contributed by atoms with E-state index in [4.69, 9.17) is 5.73 Å². The summed E-state index contributed by atoms with van der Waals surface area (Å²) in [5.74, 6) is -0.289. The van der Waals surface area contributed by atoms with Gasteiger partial charge in [0.25, 0.3) is 0 Å². The Labute approximate surface area is 83.6 Å². The Balaban J connectivity index is 2.78. The minimum absolute atomic E-state index is 0.289. The number of hydrogen-bond acceptors (Lipinski definition) is 2. The molecule has 2 unspecified atom stereocenters. The van der Waals surface area contributed by atoms with E-state index in [-0.39, 0.29) is 11.9 Å². The van der Waals surface area contributed by atoms with Gasteiger partial charge in [0, 0.05) is 12.5 Å². The Hall–Kier alpha value is -0.930. The van der Waals surface area contributed by atoms with Gasteiger partial charge in [0.1, 0.15) is 5.82 Å². The van der Waals surface area contributed by atoms with Gasteiger partial charge in [-0.15, -0.1) is 0 Å². The third kappa shape index (κ3) is 2.79. The Morgan fingerprint density at radius 3 is 2.71 bits per heavy atom. The van der Waals surface area contributed by atoms with E-state index >= 15 is 0 Å². The highest BCUT2D eigenvalue weighted by Crippen LogP contribution is 2.16. The zero-order valence-electron chi connectivity index (χ0n) is 8.50. The van der Waals surface area contributed by atoms with Gasteiger partial charge in [0.05, 0.1) is 5.60 Å². The molecule has 0 spiro atoms. The van der Waals surface area contributed by atoms with Crippen LogP contribution in [-0.4, -0.2) is 16.7 Å². The van der Waals surface area contributed by atoms with Crippen LogP contribution in [0.5, 0.6) is 0 Å². The smallest absolute Gasteiger partial charge is 0.123 e. The van der Waals surface area contributed by atoms with Crippen LogP contribution in [0.25, 0.3) is 0 Å². The maximum Gasteiger partial charge on any atom is 0.123 e. The predicted molar refractivity (Wildman–Crippen MR) is 54.4 cm³/mol. The van der Waals surface area contributed by atoms with E-state index in [1.54, 1.807) is 26.0 Å². The molecule has 0 heterocycles. The van der Waals surface area contributed by atoms with Gasteiger partial charge in [0.2, 0.25) is 0 Å². The lowest BCUT2D eigenvalue weighted by Crippen LogP contribution is -2.45. The fourth-order valence-corrected chi connectivity index (χ4v) is 1.22. The highest BCUT2D eigenvalue weighted by Gasteiger charge is 2.25. The van der Waals surface area contributed by atoms with Gasteiger partial charge in [0.15, 0.2) is 0 Å². The number of benzene rings is 1. The molecular weight excluding hydrogens is 181 g/mol. The molecule has 0 aliphatic rings. The second-order valence-corrected chi connectivity index (χ2v) is 3.95. The van der Waals surface area contributed by atoms with Crippen molar-refractivity contribution < 1.29 is 9.50 Å². The summed E-state index contributed by atoms with van der Waals surface area (Å²) in [4.78, 5) is 0. The van der Waals surface area contributed by atoms with Crippen LogP contribution in [0.4, 0.5) is 4.39 Å². The standard InChI is InChI=1S/C11H16FNO/c1-8(13)11(2,14)7-9-4-3-5-10(12)6-9/h3-6,8,14H,7,13H2,1-2H3. The van der Waals surface area contributed by atoms with E-state index in [0.717, 1.165) is 5.56 Å². The maximum absolute atomic E-state index is 12.8. The molecule has 3 heteroatoms. The SMILES string of the molecule is CC(N)C(C)(O)Cc1cccc(F)c1. The molecule has 1 rings (SSSR count). The monoisotopic (exact) mass is 197 g/mol. The van der Waals surface area contributed by atoms with Crippen LogP contribution < -0.4 is 5.73 Å². The highest BCUT2D eigenvalue weighted by molar-refractivity contribution is 5.18. The summed E-state index contributed by atoms with van der Waals surface area (Å²) in [6.45, 7) is 3.39. The van der Waals surface area contributed by atoms with Crippen molar-refractivity contribution in [2.24, 2.45) is 5.73 Å². The second-order valence-electron chi connectivity index (χ2n) is 3.95. The lowest BCUT2D eigenvalue weighted by Gasteiger charge is -2.27. The first-order valence-electron chi connectivity index (χ1n) is 4.64. The zero-order chi connectivity index (χ0) is 10.8. The number of nitrogens with two attached hydrogens (primary N) is 1. The number of halogens is 1. The lowest BCUT2D eigenvalue weighted by molar-refractivity contribution is 0.0388. The first-order chi connectivity index (χ1) is 6.42. The fraction of sp³-hybridized carbons (Fsp3) is 0.455. The summed E-state index contributed by atoms with van der Waals surface area (Å²) in [5.41, 5.74) is 5.38. The summed E-state index contributed by atoms with van der Waals surface area (Å²) in [5, 5.41) is 9.89. The molecule has 78 valence electrons. The predicted octanol–water partition coefficient (Wildman–Crippen LogP) is 1.47. The maximum atomic E-state index is 12.8. The van der Waals surface area contributed by atoms with Crippen molar-refractivity contribution in [2.75, 3.05) is 0 Å². The van der Waals surface area contributed by atoms with E-state index in [0.29, 0.717) is 6.42 Å². The lowest BCUT2D eigenvalue weighted by atomic mass is 9.90. The number of rotatable bonds is 3. The van der Waals surface area contributed by atoms with Crippen molar-refractivity contribution in [2.45, 2.75) is 31.9 Å². The summed E-state index contributed by atoms with van der Waals surface area (Å²) >= 11 is 0. The van der Waals surface area contributed by atoms with Gasteiger partial charge in [-0.2, -0.15) is 0 Å². The molecule has 0 amide bonds. The molecular formula is C11H16FNO. The molecule has 2 atom stereocenters. The van der Waals surface area contributed by atoms with E-state index in [9.17, 15) is 9.50 Å². The average molecular weight is 197 g/mol. The van der Waals surface area contributed by atoms with Crippen molar-refractivity contribution >= 4 is 0 Å². The van der Waals surface area contributed by atoms with Crippen molar-refractivity contribution in [1.29, 1.82) is 0 Å². The van der Waals surface area contributed by atoms with Crippen LogP contribution in [0, 0.1) is 5.82 Å². The Morgan fingerprint density at radius 2 is 2.21 bits per heavy atom. The van der Waals surface area contributed by atoms with Gasteiger partial charge in [-0.1, -0.05) is 12.1 Å². The average Bonchev–Trinajstić information content (AvgIpc) is 2.02.